The van der Waals surface area contributed by atoms with Crippen LogP contribution in [0.1, 0.15) is 19.1 Å². The van der Waals surface area contributed by atoms with E-state index in [0.717, 1.165) is 25.3 Å². The maximum absolute atomic E-state index is 5.39. The first-order chi connectivity index (χ1) is 5.33. The first kappa shape index (κ1) is 8.14. The van der Waals surface area contributed by atoms with Crippen molar-refractivity contribution in [1.82, 2.24) is 5.32 Å². The third-order valence-corrected chi connectivity index (χ3v) is 1.41. The van der Waals surface area contributed by atoms with Crippen molar-refractivity contribution >= 4 is 5.88 Å². The number of rotatable bonds is 4. The summed E-state index contributed by atoms with van der Waals surface area (Å²) in [6, 6.07) is 3.65. The van der Waals surface area contributed by atoms with Gasteiger partial charge in [0.05, 0.1) is 6.54 Å². The molecule has 0 atom stereocenters. The van der Waals surface area contributed by atoms with E-state index < -0.39 is 0 Å². The van der Waals surface area contributed by atoms with Crippen LogP contribution < -0.4 is 11.1 Å². The van der Waals surface area contributed by atoms with Crippen LogP contribution in [0.2, 0.25) is 0 Å². The van der Waals surface area contributed by atoms with Gasteiger partial charge in [-0.15, -0.1) is 0 Å². The summed E-state index contributed by atoms with van der Waals surface area (Å²) in [5, 5.41) is 3.22. The molecule has 0 bridgehead atoms. The van der Waals surface area contributed by atoms with Crippen LogP contribution >= 0.6 is 0 Å². The van der Waals surface area contributed by atoms with Crippen molar-refractivity contribution in [2.24, 2.45) is 0 Å². The predicted octanol–water partition coefficient (Wildman–Crippen LogP) is 1.36. The SMILES string of the molecule is CCCNCc1ccc(N)o1. The summed E-state index contributed by atoms with van der Waals surface area (Å²) in [5.74, 6) is 1.38. The number of nitrogen functional groups attached to an aromatic ring is 1. The van der Waals surface area contributed by atoms with Crippen LogP contribution in [0.5, 0.6) is 0 Å². The summed E-state index contributed by atoms with van der Waals surface area (Å²) < 4.78 is 5.15. The van der Waals surface area contributed by atoms with E-state index in [2.05, 4.69) is 12.2 Å². The van der Waals surface area contributed by atoms with Gasteiger partial charge in [0.1, 0.15) is 5.76 Å². The lowest BCUT2D eigenvalue weighted by Crippen LogP contribution is -2.12. The molecular weight excluding hydrogens is 140 g/mol. The molecule has 0 aliphatic rings. The van der Waals surface area contributed by atoms with E-state index in [9.17, 15) is 0 Å². The number of anilines is 1. The standard InChI is InChI=1S/C8H14N2O/c1-2-5-10-6-7-3-4-8(9)11-7/h3-4,10H,2,5-6,9H2,1H3. The van der Waals surface area contributed by atoms with Crippen molar-refractivity contribution in [2.45, 2.75) is 19.9 Å². The Morgan fingerprint density at radius 1 is 1.55 bits per heavy atom. The molecule has 3 nitrogen and oxygen atoms in total. The summed E-state index contributed by atoms with van der Waals surface area (Å²) >= 11 is 0. The van der Waals surface area contributed by atoms with Crippen molar-refractivity contribution in [3.8, 4) is 0 Å². The fraction of sp³-hybridized carbons (Fsp3) is 0.500. The Kier molecular flexibility index (Phi) is 2.98. The van der Waals surface area contributed by atoms with Crippen molar-refractivity contribution in [1.29, 1.82) is 0 Å². The molecule has 0 radical (unpaired) electrons. The minimum atomic E-state index is 0.485. The molecule has 1 heterocycles. The summed E-state index contributed by atoms with van der Waals surface area (Å²) in [6.07, 6.45) is 1.14. The minimum Gasteiger partial charge on any atom is -0.445 e. The Labute approximate surface area is 66.6 Å². The van der Waals surface area contributed by atoms with Crippen molar-refractivity contribution in [3.63, 3.8) is 0 Å². The molecule has 1 rings (SSSR count). The molecular formula is C8H14N2O. The van der Waals surface area contributed by atoms with E-state index >= 15 is 0 Å². The zero-order valence-corrected chi connectivity index (χ0v) is 6.76. The minimum absolute atomic E-state index is 0.485. The summed E-state index contributed by atoms with van der Waals surface area (Å²) in [6.45, 7) is 3.91. The molecule has 0 unspecified atom stereocenters. The quantitative estimate of drug-likeness (QED) is 0.644. The third kappa shape index (κ3) is 2.63. The average Bonchev–Trinajstić information content (AvgIpc) is 2.37. The molecule has 1 aromatic rings. The lowest BCUT2D eigenvalue weighted by Gasteiger charge is -1.97. The van der Waals surface area contributed by atoms with Crippen LogP contribution in [-0.2, 0) is 6.54 Å². The van der Waals surface area contributed by atoms with Crippen molar-refractivity contribution < 1.29 is 4.42 Å². The van der Waals surface area contributed by atoms with Crippen LogP contribution in [0.3, 0.4) is 0 Å². The van der Waals surface area contributed by atoms with Crippen molar-refractivity contribution in [3.05, 3.63) is 17.9 Å². The number of furan rings is 1. The molecule has 1 aromatic heterocycles. The Balaban J connectivity index is 2.27. The van der Waals surface area contributed by atoms with E-state index in [1.54, 1.807) is 6.07 Å². The average molecular weight is 154 g/mol. The van der Waals surface area contributed by atoms with E-state index in [1.807, 2.05) is 6.07 Å². The molecule has 3 heteroatoms. The Morgan fingerprint density at radius 2 is 2.36 bits per heavy atom. The predicted molar refractivity (Wildman–Crippen MR) is 45.1 cm³/mol. The summed E-state index contributed by atoms with van der Waals surface area (Å²) in [7, 11) is 0. The first-order valence-corrected chi connectivity index (χ1v) is 3.88. The third-order valence-electron chi connectivity index (χ3n) is 1.41. The highest BCUT2D eigenvalue weighted by molar-refractivity contribution is 5.25. The molecule has 0 aromatic carbocycles. The second-order valence-corrected chi connectivity index (χ2v) is 2.48. The van der Waals surface area contributed by atoms with Gasteiger partial charge in [-0.3, -0.25) is 0 Å². The highest BCUT2D eigenvalue weighted by Crippen LogP contribution is 2.07. The van der Waals surface area contributed by atoms with Crippen LogP contribution in [0, 0.1) is 0 Å². The Bertz CT molecular complexity index is 208. The molecule has 0 aliphatic carbocycles. The van der Waals surface area contributed by atoms with E-state index in [1.165, 1.54) is 0 Å². The summed E-state index contributed by atoms with van der Waals surface area (Å²) in [5.41, 5.74) is 5.39. The van der Waals surface area contributed by atoms with Gasteiger partial charge in [-0.25, -0.2) is 0 Å². The van der Waals surface area contributed by atoms with Crippen molar-refractivity contribution in [2.75, 3.05) is 12.3 Å². The zero-order valence-electron chi connectivity index (χ0n) is 6.76. The first-order valence-electron chi connectivity index (χ1n) is 3.88. The second kappa shape index (κ2) is 4.03. The number of hydrogen-bond acceptors (Lipinski definition) is 3. The smallest absolute Gasteiger partial charge is 0.190 e. The lowest BCUT2D eigenvalue weighted by atomic mass is 10.4. The van der Waals surface area contributed by atoms with Crippen LogP contribution in [0.25, 0.3) is 0 Å². The molecule has 3 N–H and O–H groups in total. The van der Waals surface area contributed by atoms with Crippen LogP contribution in [0.4, 0.5) is 5.88 Å². The van der Waals surface area contributed by atoms with E-state index in [-0.39, 0.29) is 0 Å². The Morgan fingerprint density at radius 3 is 2.91 bits per heavy atom. The van der Waals surface area contributed by atoms with Gasteiger partial charge in [0.25, 0.3) is 0 Å². The van der Waals surface area contributed by atoms with E-state index in [0.29, 0.717) is 5.88 Å². The molecule has 0 saturated carbocycles. The Hall–Kier alpha value is -0.960. The highest BCUT2D eigenvalue weighted by Gasteiger charge is 1.96. The van der Waals surface area contributed by atoms with Gasteiger partial charge < -0.3 is 15.5 Å². The van der Waals surface area contributed by atoms with Crippen LogP contribution in [-0.4, -0.2) is 6.54 Å². The largest absolute Gasteiger partial charge is 0.445 e. The molecule has 0 saturated heterocycles. The summed E-state index contributed by atoms with van der Waals surface area (Å²) in [4.78, 5) is 0. The van der Waals surface area contributed by atoms with Gasteiger partial charge in [-0.05, 0) is 19.0 Å². The van der Waals surface area contributed by atoms with Gasteiger partial charge >= 0.3 is 0 Å². The molecule has 0 aliphatic heterocycles. The molecule has 62 valence electrons. The zero-order chi connectivity index (χ0) is 8.10. The normalized spacial score (nSPS) is 10.3. The van der Waals surface area contributed by atoms with Gasteiger partial charge in [0, 0.05) is 6.07 Å². The molecule has 0 spiro atoms. The fourth-order valence-electron chi connectivity index (χ4n) is 0.878. The lowest BCUT2D eigenvalue weighted by molar-refractivity contribution is 0.497. The number of nitrogens with one attached hydrogen (secondary N) is 1. The van der Waals surface area contributed by atoms with Gasteiger partial charge in [0.15, 0.2) is 5.88 Å². The monoisotopic (exact) mass is 154 g/mol. The maximum Gasteiger partial charge on any atom is 0.190 e. The number of hydrogen-bond donors (Lipinski definition) is 2. The second-order valence-electron chi connectivity index (χ2n) is 2.48. The van der Waals surface area contributed by atoms with Gasteiger partial charge in [0.2, 0.25) is 0 Å². The van der Waals surface area contributed by atoms with Gasteiger partial charge in [-0.1, -0.05) is 6.92 Å². The maximum atomic E-state index is 5.39. The van der Waals surface area contributed by atoms with Gasteiger partial charge in [-0.2, -0.15) is 0 Å². The number of nitrogens with two attached hydrogens (primary N) is 1. The van der Waals surface area contributed by atoms with Crippen LogP contribution in [0.15, 0.2) is 16.5 Å². The molecule has 0 fully saturated rings. The highest BCUT2D eigenvalue weighted by atomic mass is 16.4. The van der Waals surface area contributed by atoms with E-state index in [4.69, 9.17) is 10.2 Å². The fourth-order valence-corrected chi connectivity index (χ4v) is 0.878. The molecule has 0 amide bonds. The molecule has 11 heavy (non-hydrogen) atoms. The topological polar surface area (TPSA) is 51.2 Å².